The van der Waals surface area contributed by atoms with Gasteiger partial charge in [-0.1, -0.05) is 103 Å². The van der Waals surface area contributed by atoms with Crippen molar-refractivity contribution < 1.29 is 9.47 Å². The number of para-hydroxylation sites is 2. The lowest BCUT2D eigenvalue weighted by Crippen LogP contribution is -2.54. The summed E-state index contributed by atoms with van der Waals surface area (Å²) in [6.07, 6.45) is 15.0. The highest BCUT2D eigenvalue weighted by atomic mass is 16.5. The summed E-state index contributed by atoms with van der Waals surface area (Å²) in [6, 6.07) is 50.1. The van der Waals surface area contributed by atoms with Crippen molar-refractivity contribution in [3.8, 4) is 17.2 Å². The smallest absolute Gasteiger partial charge is 0.257 e. The fourth-order valence-corrected chi connectivity index (χ4v) is 8.84. The number of pyridine rings is 2. The quantitative estimate of drug-likeness (QED) is 0.160. The number of hydrogen-bond donors (Lipinski definition) is 0. The van der Waals surface area contributed by atoms with Gasteiger partial charge in [0, 0.05) is 64.3 Å². The second-order valence-corrected chi connectivity index (χ2v) is 14.1. The molecule has 0 N–H and O–H groups in total. The summed E-state index contributed by atoms with van der Waals surface area (Å²) < 4.78 is 14.0. The molecule has 260 valence electrons. The van der Waals surface area contributed by atoms with Crippen LogP contribution in [0.5, 0.6) is 17.2 Å². The van der Waals surface area contributed by atoms with E-state index in [2.05, 4.69) is 149 Å². The van der Waals surface area contributed by atoms with E-state index in [4.69, 9.17) is 19.4 Å². The van der Waals surface area contributed by atoms with Crippen LogP contribution in [0.15, 0.2) is 205 Å². The summed E-state index contributed by atoms with van der Waals surface area (Å²) in [6.45, 7) is -0.112. The third kappa shape index (κ3) is 5.04. The van der Waals surface area contributed by atoms with E-state index in [9.17, 15) is 0 Å². The van der Waals surface area contributed by atoms with Gasteiger partial charge in [0.05, 0.1) is 5.69 Å². The van der Waals surface area contributed by atoms with Crippen LogP contribution >= 0.6 is 0 Å². The molecule has 4 heterocycles. The molecule has 2 aromatic heterocycles. The summed E-state index contributed by atoms with van der Waals surface area (Å²) in [7, 11) is 0. The van der Waals surface area contributed by atoms with Crippen LogP contribution in [0.1, 0.15) is 0 Å². The van der Waals surface area contributed by atoms with E-state index in [1.807, 2.05) is 48.8 Å². The van der Waals surface area contributed by atoms with Gasteiger partial charge in [0.25, 0.3) is 6.71 Å². The zero-order chi connectivity index (χ0) is 36.3. The number of rotatable bonds is 6. The number of fused-ring (bicyclic) bond motifs is 7. The SMILES string of the molecule is C1=CC2C(N(c3ccccc3)c3ccccn3)=CC3=C(B4c5c(cccc5Oc5cc(N(c6ccccc6)c6ccccn6)c6ccccc6c54)O3)C2C=C1. The van der Waals surface area contributed by atoms with Crippen LogP contribution in [0.4, 0.5) is 28.7 Å². The number of ether oxygens (including phenoxy) is 2. The zero-order valence-corrected chi connectivity index (χ0v) is 29.7. The molecule has 0 bridgehead atoms. The number of anilines is 5. The topological polar surface area (TPSA) is 50.7 Å². The van der Waals surface area contributed by atoms with Crippen LogP contribution < -0.4 is 30.2 Å². The van der Waals surface area contributed by atoms with Gasteiger partial charge in [-0.25, -0.2) is 9.97 Å². The van der Waals surface area contributed by atoms with Gasteiger partial charge < -0.3 is 9.47 Å². The van der Waals surface area contributed by atoms with E-state index < -0.39 is 0 Å². The molecule has 0 radical (unpaired) electrons. The molecule has 2 aliphatic heterocycles. The second-order valence-electron chi connectivity index (χ2n) is 14.1. The fraction of sp³-hybridized carbons (Fsp3) is 0.0417. The van der Waals surface area contributed by atoms with Crippen LogP contribution in [0, 0.1) is 11.8 Å². The zero-order valence-electron chi connectivity index (χ0n) is 29.7. The molecule has 7 heteroatoms. The summed E-state index contributed by atoms with van der Waals surface area (Å²) in [4.78, 5) is 14.2. The third-order valence-corrected chi connectivity index (χ3v) is 11.1. The van der Waals surface area contributed by atoms with Crippen molar-refractivity contribution in [2.45, 2.75) is 0 Å². The summed E-state index contributed by atoms with van der Waals surface area (Å²) >= 11 is 0. The average Bonchev–Trinajstić information content (AvgIpc) is 3.25. The first-order valence-corrected chi connectivity index (χ1v) is 18.7. The first kappa shape index (κ1) is 31.4. The molecule has 6 nitrogen and oxygen atoms in total. The monoisotopic (exact) mass is 708 g/mol. The van der Waals surface area contributed by atoms with Gasteiger partial charge in [0.1, 0.15) is 34.6 Å². The summed E-state index contributed by atoms with van der Waals surface area (Å²) in [5.41, 5.74) is 7.61. The maximum absolute atomic E-state index is 6.99. The fourth-order valence-electron chi connectivity index (χ4n) is 8.84. The highest BCUT2D eigenvalue weighted by Gasteiger charge is 2.48. The van der Waals surface area contributed by atoms with Gasteiger partial charge in [-0.3, -0.25) is 9.80 Å². The van der Waals surface area contributed by atoms with E-state index in [0.717, 1.165) is 79.1 Å². The second kappa shape index (κ2) is 12.8. The molecule has 0 amide bonds. The van der Waals surface area contributed by atoms with Crippen molar-refractivity contribution in [2.75, 3.05) is 9.80 Å². The molecule has 11 rings (SSSR count). The molecule has 0 fully saturated rings. The number of allylic oxidation sites excluding steroid dienone is 6. The van der Waals surface area contributed by atoms with Gasteiger partial charge in [-0.2, -0.15) is 0 Å². The van der Waals surface area contributed by atoms with Crippen molar-refractivity contribution in [1.82, 2.24) is 9.97 Å². The van der Waals surface area contributed by atoms with Crippen molar-refractivity contribution in [3.63, 3.8) is 0 Å². The first-order valence-electron chi connectivity index (χ1n) is 18.7. The lowest BCUT2D eigenvalue weighted by molar-refractivity contribution is 0.411. The lowest BCUT2D eigenvalue weighted by atomic mass is 9.31. The maximum atomic E-state index is 6.99. The van der Waals surface area contributed by atoms with Gasteiger partial charge in [0.15, 0.2) is 0 Å². The molecular weight excluding hydrogens is 675 g/mol. The Labute approximate surface area is 319 Å². The largest absolute Gasteiger partial charge is 0.459 e. The van der Waals surface area contributed by atoms with Crippen LogP contribution in [-0.4, -0.2) is 16.7 Å². The minimum atomic E-state index is -0.112. The molecular formula is C48H33BN4O2. The molecule has 2 aliphatic carbocycles. The molecule has 4 aliphatic rings. The van der Waals surface area contributed by atoms with E-state index in [1.54, 1.807) is 0 Å². The predicted octanol–water partition coefficient (Wildman–Crippen LogP) is 10.1. The van der Waals surface area contributed by atoms with Gasteiger partial charge in [-0.05, 0) is 77.0 Å². The van der Waals surface area contributed by atoms with Crippen molar-refractivity contribution in [1.29, 1.82) is 0 Å². The Morgan fingerprint density at radius 2 is 1.11 bits per heavy atom. The molecule has 2 unspecified atom stereocenters. The van der Waals surface area contributed by atoms with E-state index >= 15 is 0 Å². The molecule has 0 saturated carbocycles. The number of nitrogens with zero attached hydrogens (tertiary/aromatic N) is 4. The Kier molecular flexibility index (Phi) is 7.30. The number of benzene rings is 5. The summed E-state index contributed by atoms with van der Waals surface area (Å²) in [5.74, 6) is 5.04. The lowest BCUT2D eigenvalue weighted by Gasteiger charge is -2.44. The summed E-state index contributed by atoms with van der Waals surface area (Å²) in [5, 5.41) is 2.24. The Bertz CT molecular complexity index is 2650. The molecule has 0 saturated heterocycles. The standard InChI is InChI=1S/C48H33BN4O2/c1-3-16-32(17-4-1)52(44-26-11-13-28-50-44)38-30-42-46(36-22-9-7-20-34(36)38)49-47-37-23-10-8-21-35(37)39(31-43(47)55-41-25-15-24-40(54-42)48(41)49)53(33-18-5-2-6-19-33)45-27-12-14-29-51-45/h1-31,34,36H. The van der Waals surface area contributed by atoms with Crippen molar-refractivity contribution >= 4 is 57.1 Å². The molecule has 5 aromatic carbocycles. The Morgan fingerprint density at radius 1 is 0.509 bits per heavy atom. The average molecular weight is 709 g/mol. The molecule has 7 aromatic rings. The van der Waals surface area contributed by atoms with Gasteiger partial charge >= 0.3 is 0 Å². The molecule has 0 spiro atoms. The van der Waals surface area contributed by atoms with Crippen LogP contribution in [-0.2, 0) is 0 Å². The Balaban J connectivity index is 1.16. The van der Waals surface area contributed by atoms with Crippen molar-refractivity contribution in [3.05, 3.63) is 205 Å². The first-order chi connectivity index (χ1) is 27.3. The number of hydrogen-bond acceptors (Lipinski definition) is 6. The third-order valence-electron chi connectivity index (χ3n) is 11.1. The van der Waals surface area contributed by atoms with E-state index in [-0.39, 0.29) is 18.5 Å². The molecule has 2 atom stereocenters. The Hall–Kier alpha value is -7.12. The van der Waals surface area contributed by atoms with Crippen LogP contribution in [0.25, 0.3) is 10.8 Å². The van der Waals surface area contributed by atoms with E-state index in [0.29, 0.717) is 0 Å². The highest BCUT2D eigenvalue weighted by molar-refractivity contribution is 6.95. The molecule has 55 heavy (non-hydrogen) atoms. The van der Waals surface area contributed by atoms with Crippen LogP contribution in [0.3, 0.4) is 0 Å². The minimum Gasteiger partial charge on any atom is -0.459 e. The van der Waals surface area contributed by atoms with E-state index in [1.165, 1.54) is 5.47 Å². The minimum absolute atomic E-state index is 0.0138. The maximum Gasteiger partial charge on any atom is 0.257 e. The Morgan fingerprint density at radius 3 is 1.80 bits per heavy atom. The highest BCUT2D eigenvalue weighted by Crippen LogP contribution is 2.49. The van der Waals surface area contributed by atoms with Gasteiger partial charge in [0.2, 0.25) is 0 Å². The normalized spacial score (nSPS) is 17.2. The number of aromatic nitrogens is 2. The van der Waals surface area contributed by atoms with Crippen LogP contribution in [0.2, 0.25) is 0 Å². The van der Waals surface area contributed by atoms with Crippen molar-refractivity contribution in [2.24, 2.45) is 11.8 Å². The predicted molar refractivity (Wildman–Crippen MR) is 222 cm³/mol. The van der Waals surface area contributed by atoms with Gasteiger partial charge in [-0.15, -0.1) is 0 Å².